The molecule has 0 amide bonds. The van der Waals surface area contributed by atoms with Crippen LogP contribution in [0.2, 0.25) is 5.02 Å². The zero-order valence-electron chi connectivity index (χ0n) is 7.21. The molecule has 0 saturated carbocycles. The highest BCUT2D eigenvalue weighted by Gasteiger charge is 2.07. The molecule has 1 rings (SSSR count). The summed E-state index contributed by atoms with van der Waals surface area (Å²) in [5, 5.41) is 9.57. The van der Waals surface area contributed by atoms with Gasteiger partial charge >= 0.3 is 0 Å². The fourth-order valence-electron chi connectivity index (χ4n) is 1.14. The van der Waals surface area contributed by atoms with Crippen LogP contribution in [0.1, 0.15) is 31.0 Å². The van der Waals surface area contributed by atoms with Crippen molar-refractivity contribution in [3.05, 3.63) is 28.5 Å². The lowest BCUT2D eigenvalue weighted by molar-refractivity contribution is 0.279. The standard InChI is InChI=1S/C9H12ClNO/c1-6(2)9-7(5-12)3-8(10)4-11-9/h3-4,6,12H,5H2,1-2H3. The molecule has 66 valence electrons. The van der Waals surface area contributed by atoms with E-state index in [9.17, 15) is 0 Å². The van der Waals surface area contributed by atoms with Crippen molar-refractivity contribution in [2.75, 3.05) is 0 Å². The number of hydrogen-bond donors (Lipinski definition) is 1. The van der Waals surface area contributed by atoms with Crippen molar-refractivity contribution in [3.63, 3.8) is 0 Å². The van der Waals surface area contributed by atoms with Gasteiger partial charge in [-0.1, -0.05) is 25.4 Å². The summed E-state index contributed by atoms with van der Waals surface area (Å²) in [5.41, 5.74) is 1.74. The number of halogens is 1. The Balaban J connectivity index is 3.11. The van der Waals surface area contributed by atoms with Crippen LogP contribution in [0.5, 0.6) is 0 Å². The fraction of sp³-hybridized carbons (Fsp3) is 0.444. The van der Waals surface area contributed by atoms with Crippen molar-refractivity contribution < 1.29 is 5.11 Å². The maximum Gasteiger partial charge on any atom is 0.0700 e. The second-order valence-electron chi connectivity index (χ2n) is 3.01. The van der Waals surface area contributed by atoms with E-state index < -0.39 is 0 Å². The zero-order valence-corrected chi connectivity index (χ0v) is 7.97. The molecule has 1 heterocycles. The van der Waals surface area contributed by atoms with Gasteiger partial charge in [-0.3, -0.25) is 4.98 Å². The molecule has 0 atom stereocenters. The minimum absolute atomic E-state index is 0.00106. The van der Waals surface area contributed by atoms with Gasteiger partial charge in [0.25, 0.3) is 0 Å². The maximum atomic E-state index is 8.99. The highest BCUT2D eigenvalue weighted by Crippen LogP contribution is 2.19. The number of hydrogen-bond acceptors (Lipinski definition) is 2. The molecule has 0 spiro atoms. The summed E-state index contributed by atoms with van der Waals surface area (Å²) in [6.07, 6.45) is 1.61. The van der Waals surface area contributed by atoms with Crippen LogP contribution in [-0.2, 0) is 6.61 Å². The van der Waals surface area contributed by atoms with Crippen molar-refractivity contribution in [2.45, 2.75) is 26.4 Å². The molecule has 0 radical (unpaired) electrons. The molecule has 12 heavy (non-hydrogen) atoms. The van der Waals surface area contributed by atoms with Gasteiger partial charge in [0.15, 0.2) is 0 Å². The molecule has 0 aliphatic carbocycles. The number of nitrogens with zero attached hydrogens (tertiary/aromatic N) is 1. The van der Waals surface area contributed by atoms with E-state index in [2.05, 4.69) is 4.98 Å². The summed E-state index contributed by atoms with van der Waals surface area (Å²) in [7, 11) is 0. The lowest BCUT2D eigenvalue weighted by Gasteiger charge is -2.09. The van der Waals surface area contributed by atoms with Gasteiger partial charge in [-0.05, 0) is 12.0 Å². The predicted octanol–water partition coefficient (Wildman–Crippen LogP) is 2.35. The van der Waals surface area contributed by atoms with Crippen molar-refractivity contribution >= 4 is 11.6 Å². The first kappa shape index (κ1) is 9.49. The van der Waals surface area contributed by atoms with Gasteiger partial charge in [0.2, 0.25) is 0 Å². The third-order valence-corrected chi connectivity index (χ3v) is 1.89. The first-order chi connectivity index (χ1) is 5.65. The molecule has 1 aromatic rings. The Morgan fingerprint density at radius 1 is 1.58 bits per heavy atom. The Morgan fingerprint density at radius 2 is 2.25 bits per heavy atom. The van der Waals surface area contributed by atoms with Crippen molar-refractivity contribution in [2.24, 2.45) is 0 Å². The smallest absolute Gasteiger partial charge is 0.0700 e. The second-order valence-corrected chi connectivity index (χ2v) is 3.45. The number of pyridine rings is 1. The van der Waals surface area contributed by atoms with E-state index in [0.717, 1.165) is 11.3 Å². The molecule has 1 aromatic heterocycles. The Labute approximate surface area is 77.2 Å². The van der Waals surface area contributed by atoms with Crippen molar-refractivity contribution in [3.8, 4) is 0 Å². The van der Waals surface area contributed by atoms with Crippen molar-refractivity contribution in [1.29, 1.82) is 0 Å². The number of aromatic nitrogens is 1. The van der Waals surface area contributed by atoms with Crippen LogP contribution < -0.4 is 0 Å². The van der Waals surface area contributed by atoms with E-state index in [-0.39, 0.29) is 6.61 Å². The third-order valence-electron chi connectivity index (χ3n) is 1.69. The van der Waals surface area contributed by atoms with Gasteiger partial charge in [-0.25, -0.2) is 0 Å². The first-order valence-corrected chi connectivity index (χ1v) is 4.28. The van der Waals surface area contributed by atoms with E-state index in [1.54, 1.807) is 12.3 Å². The van der Waals surface area contributed by atoms with E-state index in [4.69, 9.17) is 16.7 Å². The van der Waals surface area contributed by atoms with Gasteiger partial charge in [-0.15, -0.1) is 0 Å². The number of rotatable bonds is 2. The summed E-state index contributed by atoms with van der Waals surface area (Å²) >= 11 is 5.73. The molecule has 1 N–H and O–H groups in total. The SMILES string of the molecule is CC(C)c1ncc(Cl)cc1CO. The van der Waals surface area contributed by atoms with Crippen LogP contribution in [0, 0.1) is 0 Å². The normalized spacial score (nSPS) is 10.8. The summed E-state index contributed by atoms with van der Waals surface area (Å²) < 4.78 is 0. The lowest BCUT2D eigenvalue weighted by Crippen LogP contribution is -1.99. The van der Waals surface area contributed by atoms with Crippen LogP contribution in [0.25, 0.3) is 0 Å². The van der Waals surface area contributed by atoms with Gasteiger partial charge in [0, 0.05) is 17.5 Å². The third kappa shape index (κ3) is 1.96. The molecule has 2 nitrogen and oxygen atoms in total. The average molecular weight is 186 g/mol. The van der Waals surface area contributed by atoms with E-state index >= 15 is 0 Å². The molecule has 0 aliphatic heterocycles. The molecule has 0 unspecified atom stereocenters. The van der Waals surface area contributed by atoms with Gasteiger partial charge in [0.05, 0.1) is 11.6 Å². The lowest BCUT2D eigenvalue weighted by atomic mass is 10.0. The molecular formula is C9H12ClNO. The Hall–Kier alpha value is -0.600. The molecule has 0 fully saturated rings. The molecule has 3 heteroatoms. The minimum Gasteiger partial charge on any atom is -0.392 e. The molecule has 0 aromatic carbocycles. The van der Waals surface area contributed by atoms with E-state index in [1.807, 2.05) is 13.8 Å². The fourth-order valence-corrected chi connectivity index (χ4v) is 1.32. The summed E-state index contributed by atoms with van der Waals surface area (Å²) in [6.45, 7) is 4.08. The van der Waals surface area contributed by atoms with Crippen LogP contribution in [0.4, 0.5) is 0 Å². The summed E-state index contributed by atoms with van der Waals surface area (Å²) in [6, 6.07) is 1.75. The van der Waals surface area contributed by atoms with E-state index in [1.165, 1.54) is 0 Å². The minimum atomic E-state index is 0.00106. The Kier molecular flexibility index (Phi) is 3.06. The highest BCUT2D eigenvalue weighted by atomic mass is 35.5. The molecular weight excluding hydrogens is 174 g/mol. The monoisotopic (exact) mass is 185 g/mol. The van der Waals surface area contributed by atoms with Gasteiger partial charge in [0.1, 0.15) is 0 Å². The van der Waals surface area contributed by atoms with Crippen LogP contribution >= 0.6 is 11.6 Å². The van der Waals surface area contributed by atoms with Crippen molar-refractivity contribution in [1.82, 2.24) is 4.98 Å². The Bertz CT molecular complexity index is 273. The maximum absolute atomic E-state index is 8.99. The topological polar surface area (TPSA) is 33.1 Å². The molecule has 0 bridgehead atoms. The largest absolute Gasteiger partial charge is 0.392 e. The summed E-state index contributed by atoms with van der Waals surface area (Å²) in [5.74, 6) is 0.324. The quantitative estimate of drug-likeness (QED) is 0.768. The second kappa shape index (κ2) is 3.87. The van der Waals surface area contributed by atoms with E-state index in [0.29, 0.717) is 10.9 Å². The number of aliphatic hydroxyl groups excluding tert-OH is 1. The molecule has 0 aliphatic rings. The van der Waals surface area contributed by atoms with Gasteiger partial charge < -0.3 is 5.11 Å². The predicted molar refractivity (Wildman–Crippen MR) is 49.3 cm³/mol. The zero-order chi connectivity index (χ0) is 9.14. The number of aliphatic hydroxyl groups is 1. The van der Waals surface area contributed by atoms with Crippen LogP contribution in [0.15, 0.2) is 12.3 Å². The Morgan fingerprint density at radius 3 is 2.75 bits per heavy atom. The van der Waals surface area contributed by atoms with Gasteiger partial charge in [-0.2, -0.15) is 0 Å². The molecule has 0 saturated heterocycles. The highest BCUT2D eigenvalue weighted by molar-refractivity contribution is 6.30. The summed E-state index contributed by atoms with van der Waals surface area (Å²) in [4.78, 5) is 4.16. The van der Waals surface area contributed by atoms with Crippen LogP contribution in [-0.4, -0.2) is 10.1 Å². The van der Waals surface area contributed by atoms with Crippen LogP contribution in [0.3, 0.4) is 0 Å². The first-order valence-electron chi connectivity index (χ1n) is 3.90. The average Bonchev–Trinajstić information content (AvgIpc) is 2.03.